The number of anilines is 1. The second-order valence-corrected chi connectivity index (χ2v) is 2.67. The zero-order chi connectivity index (χ0) is 9.90. The Hall–Kier alpha value is -1.26. The minimum Gasteiger partial charge on any atom is -0.384 e. The van der Waals surface area contributed by atoms with Crippen LogP contribution in [0.25, 0.3) is 0 Å². The third-order valence-corrected chi connectivity index (χ3v) is 1.49. The summed E-state index contributed by atoms with van der Waals surface area (Å²) >= 11 is 0. The highest BCUT2D eigenvalue weighted by atomic mass is 19.4. The number of hydrogen-bond acceptors (Lipinski definition) is 2. The molecule has 0 saturated heterocycles. The molecular formula is C8H9F3N2. The van der Waals surface area contributed by atoms with Gasteiger partial charge in [-0.25, -0.2) is 4.98 Å². The molecule has 0 spiro atoms. The van der Waals surface area contributed by atoms with E-state index in [4.69, 9.17) is 5.73 Å². The Labute approximate surface area is 73.6 Å². The first-order chi connectivity index (χ1) is 5.97. The Morgan fingerprint density at radius 1 is 1.31 bits per heavy atom. The van der Waals surface area contributed by atoms with Crippen molar-refractivity contribution in [3.8, 4) is 0 Å². The summed E-state index contributed by atoms with van der Waals surface area (Å²) in [5.41, 5.74) is 5.68. The number of nitrogens with zero attached hydrogens (tertiary/aromatic N) is 1. The summed E-state index contributed by atoms with van der Waals surface area (Å²) in [4.78, 5) is 3.75. The van der Waals surface area contributed by atoms with Crippen molar-refractivity contribution < 1.29 is 13.2 Å². The molecule has 0 radical (unpaired) electrons. The summed E-state index contributed by atoms with van der Waals surface area (Å²) < 4.78 is 35.3. The van der Waals surface area contributed by atoms with E-state index >= 15 is 0 Å². The number of rotatable bonds is 2. The van der Waals surface area contributed by atoms with Gasteiger partial charge in [0.1, 0.15) is 5.82 Å². The molecule has 0 atom stereocenters. The maximum atomic E-state index is 11.8. The monoisotopic (exact) mass is 190 g/mol. The first-order valence-corrected chi connectivity index (χ1v) is 3.75. The van der Waals surface area contributed by atoms with Crippen molar-refractivity contribution in [1.29, 1.82) is 0 Å². The van der Waals surface area contributed by atoms with Crippen molar-refractivity contribution >= 4 is 5.82 Å². The van der Waals surface area contributed by atoms with E-state index < -0.39 is 12.6 Å². The number of halogens is 3. The van der Waals surface area contributed by atoms with Gasteiger partial charge in [0.25, 0.3) is 0 Å². The van der Waals surface area contributed by atoms with Crippen LogP contribution in [-0.2, 0) is 6.42 Å². The van der Waals surface area contributed by atoms with Crippen LogP contribution >= 0.6 is 0 Å². The quantitative estimate of drug-likeness (QED) is 0.776. The molecular weight excluding hydrogens is 181 g/mol. The first-order valence-electron chi connectivity index (χ1n) is 3.75. The molecule has 0 aliphatic rings. The fraction of sp³-hybridized carbons (Fsp3) is 0.375. The third-order valence-electron chi connectivity index (χ3n) is 1.49. The Bertz CT molecular complexity index is 283. The van der Waals surface area contributed by atoms with Gasteiger partial charge in [0.2, 0.25) is 0 Å². The number of aryl methyl sites for hydroxylation is 1. The van der Waals surface area contributed by atoms with Crippen molar-refractivity contribution in [2.24, 2.45) is 0 Å². The molecule has 1 aromatic heterocycles. The molecule has 0 aromatic carbocycles. The van der Waals surface area contributed by atoms with Gasteiger partial charge in [-0.15, -0.1) is 0 Å². The Morgan fingerprint density at radius 2 is 2.00 bits per heavy atom. The summed E-state index contributed by atoms with van der Waals surface area (Å²) in [6, 6.07) is 4.66. The molecule has 0 aliphatic carbocycles. The molecule has 72 valence electrons. The topological polar surface area (TPSA) is 38.9 Å². The van der Waals surface area contributed by atoms with Crippen molar-refractivity contribution in [2.45, 2.75) is 19.0 Å². The first kappa shape index (κ1) is 9.83. The molecule has 1 aromatic rings. The van der Waals surface area contributed by atoms with Crippen LogP contribution in [0.15, 0.2) is 18.2 Å². The van der Waals surface area contributed by atoms with Gasteiger partial charge in [0.15, 0.2) is 0 Å². The maximum absolute atomic E-state index is 11.8. The smallest absolute Gasteiger partial charge is 0.384 e. The molecule has 5 heteroatoms. The van der Waals surface area contributed by atoms with E-state index in [0.717, 1.165) is 0 Å². The van der Waals surface area contributed by atoms with Gasteiger partial charge in [0.05, 0.1) is 0 Å². The molecule has 2 N–H and O–H groups in total. The van der Waals surface area contributed by atoms with Crippen LogP contribution in [-0.4, -0.2) is 11.2 Å². The fourth-order valence-electron chi connectivity index (χ4n) is 0.907. The highest BCUT2D eigenvalue weighted by Gasteiger charge is 2.26. The number of pyridine rings is 1. The molecule has 13 heavy (non-hydrogen) atoms. The summed E-state index contributed by atoms with van der Waals surface area (Å²) in [6.45, 7) is 0. The van der Waals surface area contributed by atoms with E-state index in [0.29, 0.717) is 5.69 Å². The minimum absolute atomic E-state index is 0.117. The zero-order valence-electron chi connectivity index (χ0n) is 6.80. The van der Waals surface area contributed by atoms with Crippen LogP contribution in [0.4, 0.5) is 19.0 Å². The van der Waals surface area contributed by atoms with E-state index in [1.165, 1.54) is 12.1 Å². The van der Waals surface area contributed by atoms with E-state index in [1.807, 2.05) is 0 Å². The second-order valence-electron chi connectivity index (χ2n) is 2.67. The average molecular weight is 190 g/mol. The number of nitrogens with two attached hydrogens (primary N) is 1. The molecule has 0 bridgehead atoms. The lowest BCUT2D eigenvalue weighted by Gasteiger charge is -2.05. The van der Waals surface area contributed by atoms with Crippen LogP contribution in [0, 0.1) is 0 Å². The standard InChI is InChI=1S/C8H9F3N2/c9-8(10,11)5-4-6-2-1-3-7(12)13-6/h1-3H,4-5H2,(H2,12,13). The number of alkyl halides is 3. The maximum Gasteiger partial charge on any atom is 0.389 e. The average Bonchev–Trinajstić information content (AvgIpc) is 2.00. The lowest BCUT2D eigenvalue weighted by atomic mass is 10.2. The summed E-state index contributed by atoms with van der Waals surface area (Å²) in [6.07, 6.45) is -5.11. The summed E-state index contributed by atoms with van der Waals surface area (Å²) in [5.74, 6) is 0.250. The van der Waals surface area contributed by atoms with Crippen LogP contribution in [0.1, 0.15) is 12.1 Å². The second kappa shape index (κ2) is 3.64. The lowest BCUT2D eigenvalue weighted by Crippen LogP contribution is -2.09. The molecule has 0 saturated carbocycles. The number of nitrogen functional groups attached to an aromatic ring is 1. The van der Waals surface area contributed by atoms with Gasteiger partial charge in [-0.05, 0) is 18.6 Å². The predicted molar refractivity (Wildman–Crippen MR) is 43.0 cm³/mol. The highest BCUT2D eigenvalue weighted by molar-refractivity contribution is 5.28. The van der Waals surface area contributed by atoms with Crippen LogP contribution in [0.5, 0.6) is 0 Å². The van der Waals surface area contributed by atoms with E-state index in [-0.39, 0.29) is 12.2 Å². The Morgan fingerprint density at radius 3 is 2.54 bits per heavy atom. The van der Waals surface area contributed by atoms with Gasteiger partial charge in [0, 0.05) is 12.1 Å². The van der Waals surface area contributed by atoms with Crippen molar-refractivity contribution in [1.82, 2.24) is 4.98 Å². The normalized spacial score (nSPS) is 11.6. The Kier molecular flexibility index (Phi) is 2.75. The zero-order valence-corrected chi connectivity index (χ0v) is 6.80. The number of aromatic nitrogens is 1. The number of hydrogen-bond donors (Lipinski definition) is 1. The van der Waals surface area contributed by atoms with E-state index in [9.17, 15) is 13.2 Å². The lowest BCUT2D eigenvalue weighted by molar-refractivity contribution is -0.134. The van der Waals surface area contributed by atoms with Gasteiger partial charge < -0.3 is 5.73 Å². The van der Waals surface area contributed by atoms with Crippen molar-refractivity contribution in [3.05, 3.63) is 23.9 Å². The molecule has 0 amide bonds. The van der Waals surface area contributed by atoms with Crippen LogP contribution < -0.4 is 5.73 Å². The van der Waals surface area contributed by atoms with Crippen LogP contribution in [0.2, 0.25) is 0 Å². The van der Waals surface area contributed by atoms with Gasteiger partial charge in [-0.2, -0.15) is 13.2 Å². The van der Waals surface area contributed by atoms with Crippen molar-refractivity contribution in [2.75, 3.05) is 5.73 Å². The molecule has 1 heterocycles. The van der Waals surface area contributed by atoms with Gasteiger partial charge in [-0.3, -0.25) is 0 Å². The third kappa shape index (κ3) is 3.78. The SMILES string of the molecule is Nc1cccc(CCC(F)(F)F)n1. The van der Waals surface area contributed by atoms with Crippen LogP contribution in [0.3, 0.4) is 0 Å². The molecule has 0 fully saturated rings. The highest BCUT2D eigenvalue weighted by Crippen LogP contribution is 2.21. The van der Waals surface area contributed by atoms with E-state index in [2.05, 4.69) is 4.98 Å². The van der Waals surface area contributed by atoms with Gasteiger partial charge >= 0.3 is 6.18 Å². The van der Waals surface area contributed by atoms with E-state index in [1.54, 1.807) is 6.07 Å². The molecule has 1 rings (SSSR count). The summed E-state index contributed by atoms with van der Waals surface area (Å²) in [5, 5.41) is 0. The Balaban J connectivity index is 2.55. The summed E-state index contributed by atoms with van der Waals surface area (Å²) in [7, 11) is 0. The fourth-order valence-corrected chi connectivity index (χ4v) is 0.907. The minimum atomic E-state index is -4.13. The largest absolute Gasteiger partial charge is 0.389 e. The predicted octanol–water partition coefficient (Wildman–Crippen LogP) is 2.16. The molecule has 2 nitrogen and oxygen atoms in total. The van der Waals surface area contributed by atoms with Crippen molar-refractivity contribution in [3.63, 3.8) is 0 Å². The molecule has 0 unspecified atom stereocenters. The van der Waals surface area contributed by atoms with Gasteiger partial charge in [-0.1, -0.05) is 6.07 Å². The molecule has 0 aliphatic heterocycles.